The molecule has 3 aromatic heterocycles. The van der Waals surface area contributed by atoms with E-state index in [2.05, 4.69) is 36.0 Å². The molecule has 3 amide bonds. The average molecular weight is 632 g/mol. The number of likely N-dealkylation sites (tertiary alicyclic amines) is 1. The van der Waals surface area contributed by atoms with E-state index in [0.29, 0.717) is 46.7 Å². The molecule has 4 heterocycles. The molecule has 4 aromatic rings. The summed E-state index contributed by atoms with van der Waals surface area (Å²) in [5, 5.41) is 19.3. The van der Waals surface area contributed by atoms with E-state index >= 15 is 4.39 Å². The SMILES string of the molecule is C[C@H]1CC[C@@H](Nc2n[nH]c3nccc(-c4ccc(CNC(=O)c5noc(C(C)(C)C)n5)c(F)c4)c23)CN1C(=O)NCC(F)(F)F. The normalized spacial score (nSPS) is 17.4. The zero-order chi connectivity index (χ0) is 32.5. The lowest BCUT2D eigenvalue weighted by Gasteiger charge is -2.38. The molecule has 1 saturated heterocycles. The van der Waals surface area contributed by atoms with Gasteiger partial charge >= 0.3 is 12.2 Å². The van der Waals surface area contributed by atoms with Crippen LogP contribution in [0.1, 0.15) is 62.6 Å². The van der Waals surface area contributed by atoms with Gasteiger partial charge in [0.05, 0.1) is 5.39 Å². The Morgan fingerprint density at radius 1 is 1.13 bits per heavy atom. The first-order valence-corrected chi connectivity index (χ1v) is 14.3. The summed E-state index contributed by atoms with van der Waals surface area (Å²) >= 11 is 0. The molecule has 4 N–H and O–H groups in total. The third kappa shape index (κ3) is 7.32. The molecule has 0 radical (unpaired) electrons. The number of halogens is 4. The summed E-state index contributed by atoms with van der Waals surface area (Å²) in [6.45, 7) is 6.03. The molecule has 1 aliphatic heterocycles. The molecule has 240 valence electrons. The van der Waals surface area contributed by atoms with Crippen molar-refractivity contribution < 1.29 is 31.7 Å². The van der Waals surface area contributed by atoms with Gasteiger partial charge in [0.2, 0.25) is 5.89 Å². The van der Waals surface area contributed by atoms with Gasteiger partial charge in [-0.15, -0.1) is 0 Å². The van der Waals surface area contributed by atoms with Crippen molar-refractivity contribution >= 4 is 28.8 Å². The molecular weight excluding hydrogens is 598 g/mol. The van der Waals surface area contributed by atoms with Crippen molar-refractivity contribution in [3.8, 4) is 11.1 Å². The van der Waals surface area contributed by atoms with Crippen molar-refractivity contribution in [2.75, 3.05) is 18.4 Å². The molecule has 45 heavy (non-hydrogen) atoms. The maximum atomic E-state index is 15.3. The number of rotatable bonds is 7. The Balaban J connectivity index is 1.30. The molecule has 1 aliphatic rings. The number of H-pyrrole nitrogens is 1. The number of anilines is 1. The number of aromatic nitrogens is 5. The van der Waals surface area contributed by atoms with Crippen molar-refractivity contribution in [1.29, 1.82) is 0 Å². The van der Waals surface area contributed by atoms with Gasteiger partial charge in [-0.1, -0.05) is 38.1 Å². The molecule has 0 aliphatic carbocycles. The van der Waals surface area contributed by atoms with Gasteiger partial charge in [-0.3, -0.25) is 9.89 Å². The third-order valence-electron chi connectivity index (χ3n) is 7.46. The lowest BCUT2D eigenvalue weighted by atomic mass is 9.97. The molecule has 12 nitrogen and oxygen atoms in total. The molecule has 1 fully saturated rings. The molecule has 0 bridgehead atoms. The van der Waals surface area contributed by atoms with Crippen molar-refractivity contribution in [2.45, 2.75) is 70.8 Å². The Hall–Kier alpha value is -4.76. The van der Waals surface area contributed by atoms with Crippen LogP contribution in [0.4, 0.5) is 28.2 Å². The minimum atomic E-state index is -4.51. The van der Waals surface area contributed by atoms with Crippen LogP contribution in [0, 0.1) is 5.82 Å². The van der Waals surface area contributed by atoms with Crippen LogP contribution < -0.4 is 16.0 Å². The molecular formula is C29H33F4N9O3. The highest BCUT2D eigenvalue weighted by molar-refractivity contribution is 6.00. The molecule has 0 saturated carbocycles. The number of benzene rings is 1. The van der Waals surface area contributed by atoms with E-state index in [9.17, 15) is 22.8 Å². The van der Waals surface area contributed by atoms with Crippen molar-refractivity contribution in [3.05, 3.63) is 53.6 Å². The largest absolute Gasteiger partial charge is 0.405 e. The van der Waals surface area contributed by atoms with Crippen LogP contribution in [-0.2, 0) is 12.0 Å². The van der Waals surface area contributed by atoms with Crippen LogP contribution in [-0.4, -0.2) is 73.5 Å². The number of alkyl halides is 3. The molecule has 0 unspecified atom stereocenters. The van der Waals surface area contributed by atoms with Crippen LogP contribution in [0.25, 0.3) is 22.2 Å². The number of nitrogens with zero attached hydrogens (tertiary/aromatic N) is 5. The van der Waals surface area contributed by atoms with Crippen molar-refractivity contribution in [1.82, 2.24) is 40.9 Å². The summed E-state index contributed by atoms with van der Waals surface area (Å²) in [6.07, 6.45) is -1.75. The Kier molecular flexibility index (Phi) is 8.67. The molecule has 2 atom stereocenters. The quantitative estimate of drug-likeness (QED) is 0.210. The van der Waals surface area contributed by atoms with Crippen LogP contribution in [0.2, 0.25) is 0 Å². The predicted octanol–water partition coefficient (Wildman–Crippen LogP) is 4.91. The van der Waals surface area contributed by atoms with E-state index in [1.54, 1.807) is 31.3 Å². The van der Waals surface area contributed by atoms with E-state index in [1.807, 2.05) is 26.1 Å². The third-order valence-corrected chi connectivity index (χ3v) is 7.46. The van der Waals surface area contributed by atoms with Gasteiger partial charge in [0.25, 0.3) is 11.7 Å². The van der Waals surface area contributed by atoms with Crippen LogP contribution in [0.15, 0.2) is 35.0 Å². The second-order valence-corrected chi connectivity index (χ2v) is 12.0. The first kappa shape index (κ1) is 31.7. The topological polar surface area (TPSA) is 154 Å². The van der Waals surface area contributed by atoms with E-state index in [0.717, 1.165) is 0 Å². The Labute approximate surface area is 255 Å². The first-order valence-electron chi connectivity index (χ1n) is 14.3. The summed E-state index contributed by atoms with van der Waals surface area (Å²) in [7, 11) is 0. The highest BCUT2D eigenvalue weighted by Crippen LogP contribution is 2.33. The van der Waals surface area contributed by atoms with Crippen LogP contribution >= 0.6 is 0 Å². The van der Waals surface area contributed by atoms with Gasteiger partial charge in [0.15, 0.2) is 11.5 Å². The predicted molar refractivity (Wildman–Crippen MR) is 156 cm³/mol. The fraction of sp³-hybridized carbons (Fsp3) is 0.448. The highest BCUT2D eigenvalue weighted by Gasteiger charge is 2.33. The fourth-order valence-corrected chi connectivity index (χ4v) is 5.01. The minimum absolute atomic E-state index is 0.109. The number of carbonyl (C=O) groups excluding carboxylic acids is 2. The van der Waals surface area contributed by atoms with E-state index in [-0.39, 0.29) is 36.6 Å². The number of carbonyl (C=O) groups is 2. The molecule has 0 spiro atoms. The van der Waals surface area contributed by atoms with Gasteiger partial charge in [0, 0.05) is 42.3 Å². The number of aromatic amines is 1. The Bertz CT molecular complexity index is 1700. The fourth-order valence-electron chi connectivity index (χ4n) is 5.01. The van der Waals surface area contributed by atoms with E-state index < -0.39 is 35.9 Å². The zero-order valence-electron chi connectivity index (χ0n) is 25.0. The monoisotopic (exact) mass is 631 g/mol. The lowest BCUT2D eigenvalue weighted by molar-refractivity contribution is -0.123. The lowest BCUT2D eigenvalue weighted by Crippen LogP contribution is -2.54. The molecule has 5 rings (SSSR count). The van der Waals surface area contributed by atoms with Crippen molar-refractivity contribution in [3.63, 3.8) is 0 Å². The Morgan fingerprint density at radius 3 is 2.60 bits per heavy atom. The zero-order valence-corrected chi connectivity index (χ0v) is 25.0. The number of hydrogen-bond acceptors (Lipinski definition) is 8. The number of hydrogen-bond donors (Lipinski definition) is 4. The van der Waals surface area contributed by atoms with E-state index in [1.165, 1.54) is 11.0 Å². The highest BCUT2D eigenvalue weighted by atomic mass is 19.4. The number of pyridine rings is 1. The smallest absolute Gasteiger partial charge is 0.364 e. The number of fused-ring (bicyclic) bond motifs is 1. The molecule has 1 aromatic carbocycles. The number of nitrogens with one attached hydrogen (secondary N) is 4. The van der Waals surface area contributed by atoms with Gasteiger partial charge in [0.1, 0.15) is 12.4 Å². The summed E-state index contributed by atoms with van der Waals surface area (Å²) in [4.78, 5) is 34.8. The minimum Gasteiger partial charge on any atom is -0.364 e. The summed E-state index contributed by atoms with van der Waals surface area (Å²) < 4.78 is 58.3. The summed E-state index contributed by atoms with van der Waals surface area (Å²) in [5.41, 5.74) is 1.39. The van der Waals surface area contributed by atoms with E-state index in [4.69, 9.17) is 4.52 Å². The molecule has 16 heteroatoms. The van der Waals surface area contributed by atoms with Gasteiger partial charge in [-0.2, -0.15) is 23.3 Å². The van der Waals surface area contributed by atoms with Crippen LogP contribution in [0.3, 0.4) is 0 Å². The number of urea groups is 1. The summed E-state index contributed by atoms with van der Waals surface area (Å²) in [5.74, 6) is -0.581. The van der Waals surface area contributed by atoms with Gasteiger partial charge in [-0.05, 0) is 43.0 Å². The maximum absolute atomic E-state index is 15.3. The number of amides is 3. The van der Waals surface area contributed by atoms with Gasteiger partial charge in [-0.25, -0.2) is 14.2 Å². The van der Waals surface area contributed by atoms with Gasteiger partial charge < -0.3 is 25.4 Å². The maximum Gasteiger partial charge on any atom is 0.405 e. The summed E-state index contributed by atoms with van der Waals surface area (Å²) in [6, 6.07) is 4.97. The standard InChI is InChI=1S/C29H33F4N9O3/c1-15-5-8-18(13-42(15)27(44)36-14-29(31,32)33)37-23-21-19(9-10-34-22(21)39-40-23)16-6-7-17(20(30)11-16)12-35-25(43)24-38-26(45-41-24)28(2,3)4/h6-7,9-11,15,18H,5,8,12-14H2,1-4H3,(H,35,43)(H,36,44)(H2,34,37,39,40)/t15-,18+/m0/s1. The Morgan fingerprint density at radius 2 is 1.91 bits per heavy atom. The second-order valence-electron chi connectivity index (χ2n) is 12.0. The number of piperidine rings is 1. The average Bonchev–Trinajstić information content (AvgIpc) is 3.64. The first-order chi connectivity index (χ1) is 21.2. The second kappa shape index (κ2) is 12.3. The van der Waals surface area contributed by atoms with Crippen molar-refractivity contribution in [2.24, 2.45) is 0 Å². The van der Waals surface area contributed by atoms with Crippen LogP contribution in [0.5, 0.6) is 0 Å².